The van der Waals surface area contributed by atoms with Gasteiger partial charge >= 0.3 is 0 Å². The Labute approximate surface area is 105 Å². The molecule has 1 aromatic rings. The molecule has 0 radical (unpaired) electrons. The second kappa shape index (κ2) is 4.13. The number of aromatic nitrogens is 2. The van der Waals surface area contributed by atoms with Crippen molar-refractivity contribution < 1.29 is 0 Å². The molecule has 90 valence electrons. The van der Waals surface area contributed by atoms with Crippen molar-refractivity contribution in [3.05, 3.63) is 16.4 Å². The van der Waals surface area contributed by atoms with Gasteiger partial charge in [0.15, 0.2) is 0 Å². The molecule has 2 unspecified atom stereocenters. The van der Waals surface area contributed by atoms with Crippen LogP contribution in [-0.4, -0.2) is 9.78 Å². The standard InChI is InChI=1S/C11H19BrN4/c1-4-16-10(8(12)6-14-16)9(15-13)7-5-11(7,2)3/h6-7,9,15H,4-5,13H2,1-3H3. The summed E-state index contributed by atoms with van der Waals surface area (Å²) in [4.78, 5) is 0. The zero-order valence-corrected chi connectivity index (χ0v) is 11.6. The molecule has 0 spiro atoms. The Hall–Kier alpha value is -0.390. The molecule has 0 aliphatic heterocycles. The molecule has 16 heavy (non-hydrogen) atoms. The normalized spacial score (nSPS) is 24.4. The van der Waals surface area contributed by atoms with Crippen LogP contribution in [-0.2, 0) is 6.54 Å². The minimum atomic E-state index is 0.187. The number of hydrogen-bond acceptors (Lipinski definition) is 3. The maximum absolute atomic E-state index is 5.71. The van der Waals surface area contributed by atoms with Crippen LogP contribution in [0.2, 0.25) is 0 Å². The van der Waals surface area contributed by atoms with Crippen LogP contribution in [0.15, 0.2) is 10.7 Å². The number of halogens is 1. The van der Waals surface area contributed by atoms with E-state index in [1.807, 2.05) is 10.9 Å². The van der Waals surface area contributed by atoms with Gasteiger partial charge in [0, 0.05) is 6.54 Å². The van der Waals surface area contributed by atoms with Gasteiger partial charge in [-0.1, -0.05) is 13.8 Å². The lowest BCUT2D eigenvalue weighted by Gasteiger charge is -2.19. The van der Waals surface area contributed by atoms with Crippen LogP contribution in [0.3, 0.4) is 0 Å². The molecule has 1 aliphatic rings. The summed E-state index contributed by atoms with van der Waals surface area (Å²) in [6.45, 7) is 7.52. The van der Waals surface area contributed by atoms with E-state index in [0.29, 0.717) is 11.3 Å². The summed E-state index contributed by atoms with van der Waals surface area (Å²) in [6.07, 6.45) is 3.06. The molecule has 1 saturated carbocycles. The largest absolute Gasteiger partial charge is 0.271 e. The third kappa shape index (κ3) is 1.92. The van der Waals surface area contributed by atoms with Crippen LogP contribution in [0.1, 0.15) is 38.9 Å². The summed E-state index contributed by atoms with van der Waals surface area (Å²) >= 11 is 3.55. The van der Waals surface area contributed by atoms with Crippen LogP contribution >= 0.6 is 15.9 Å². The van der Waals surface area contributed by atoms with Crippen LogP contribution in [0.4, 0.5) is 0 Å². The van der Waals surface area contributed by atoms with Crippen LogP contribution in [0.25, 0.3) is 0 Å². The van der Waals surface area contributed by atoms with Crippen molar-refractivity contribution in [1.82, 2.24) is 15.2 Å². The first kappa shape index (κ1) is 12.1. The molecule has 2 atom stereocenters. The predicted molar refractivity (Wildman–Crippen MR) is 67.6 cm³/mol. The lowest BCUT2D eigenvalue weighted by molar-refractivity contribution is 0.395. The second-order valence-electron chi connectivity index (χ2n) is 5.14. The Morgan fingerprint density at radius 2 is 2.38 bits per heavy atom. The number of nitrogens with zero attached hydrogens (tertiary/aromatic N) is 2. The van der Waals surface area contributed by atoms with Crippen molar-refractivity contribution in [2.75, 3.05) is 0 Å². The first-order valence-corrected chi connectivity index (χ1v) is 6.48. The van der Waals surface area contributed by atoms with E-state index in [9.17, 15) is 0 Å². The van der Waals surface area contributed by atoms with E-state index >= 15 is 0 Å². The summed E-state index contributed by atoms with van der Waals surface area (Å²) in [6, 6.07) is 0.187. The number of hydrogen-bond donors (Lipinski definition) is 2. The van der Waals surface area contributed by atoms with Gasteiger partial charge in [-0.3, -0.25) is 16.0 Å². The average molecular weight is 287 g/mol. The van der Waals surface area contributed by atoms with Gasteiger partial charge in [-0.25, -0.2) is 0 Å². The number of aryl methyl sites for hydroxylation is 1. The zero-order chi connectivity index (χ0) is 11.9. The Morgan fingerprint density at radius 3 is 2.81 bits per heavy atom. The van der Waals surface area contributed by atoms with Crippen molar-refractivity contribution in [1.29, 1.82) is 0 Å². The molecule has 1 heterocycles. The predicted octanol–water partition coefficient (Wildman–Crippen LogP) is 2.22. The van der Waals surface area contributed by atoms with Crippen molar-refractivity contribution >= 4 is 15.9 Å². The molecular formula is C11H19BrN4. The summed E-state index contributed by atoms with van der Waals surface area (Å²) in [5, 5.41) is 4.34. The fourth-order valence-corrected chi connectivity index (χ4v) is 2.94. The highest BCUT2D eigenvalue weighted by Gasteiger charge is 2.51. The number of nitrogens with two attached hydrogens (primary N) is 1. The molecule has 3 N–H and O–H groups in total. The lowest BCUT2D eigenvalue weighted by Crippen LogP contribution is -2.32. The molecule has 5 heteroatoms. The highest BCUT2D eigenvalue weighted by atomic mass is 79.9. The lowest BCUT2D eigenvalue weighted by atomic mass is 10.0. The Kier molecular flexibility index (Phi) is 3.11. The van der Waals surface area contributed by atoms with Gasteiger partial charge < -0.3 is 0 Å². The molecule has 0 saturated heterocycles. The average Bonchev–Trinajstić information content (AvgIpc) is 2.69. The van der Waals surface area contributed by atoms with E-state index in [1.165, 1.54) is 12.1 Å². The summed E-state index contributed by atoms with van der Waals surface area (Å²) in [7, 11) is 0. The minimum absolute atomic E-state index is 0.187. The molecule has 0 bridgehead atoms. The number of hydrazine groups is 1. The molecule has 1 fully saturated rings. The minimum Gasteiger partial charge on any atom is -0.271 e. The zero-order valence-electron chi connectivity index (χ0n) is 10.00. The SMILES string of the molecule is CCn1ncc(Br)c1C(NN)C1CC1(C)C. The summed E-state index contributed by atoms with van der Waals surface area (Å²) in [5.41, 5.74) is 4.50. The van der Waals surface area contributed by atoms with E-state index in [1.54, 1.807) is 0 Å². The van der Waals surface area contributed by atoms with Crippen molar-refractivity contribution in [3.63, 3.8) is 0 Å². The Bertz CT molecular complexity index is 385. The van der Waals surface area contributed by atoms with Crippen molar-refractivity contribution in [2.24, 2.45) is 17.2 Å². The topological polar surface area (TPSA) is 55.9 Å². The van der Waals surface area contributed by atoms with Crippen LogP contribution in [0.5, 0.6) is 0 Å². The smallest absolute Gasteiger partial charge is 0.0712 e. The second-order valence-corrected chi connectivity index (χ2v) is 5.99. The van der Waals surface area contributed by atoms with Crippen molar-refractivity contribution in [2.45, 2.75) is 39.8 Å². The van der Waals surface area contributed by atoms with E-state index in [0.717, 1.165) is 11.0 Å². The third-order valence-corrected chi connectivity index (χ3v) is 4.21. The van der Waals surface area contributed by atoms with Crippen LogP contribution < -0.4 is 11.3 Å². The highest BCUT2D eigenvalue weighted by molar-refractivity contribution is 9.10. The number of nitrogens with one attached hydrogen (secondary N) is 1. The van der Waals surface area contributed by atoms with Gasteiger partial charge in [0.1, 0.15) is 0 Å². The van der Waals surface area contributed by atoms with Crippen molar-refractivity contribution in [3.8, 4) is 0 Å². The first-order valence-electron chi connectivity index (χ1n) is 5.68. The molecule has 2 rings (SSSR count). The summed E-state index contributed by atoms with van der Waals surface area (Å²) < 4.78 is 3.04. The Balaban J connectivity index is 2.30. The van der Waals surface area contributed by atoms with Crippen LogP contribution in [0, 0.1) is 11.3 Å². The fourth-order valence-electron chi connectivity index (χ4n) is 2.40. The van der Waals surface area contributed by atoms with Gasteiger partial charge in [-0.05, 0) is 40.6 Å². The number of rotatable bonds is 4. The van der Waals surface area contributed by atoms with Gasteiger partial charge in [0.05, 0.1) is 22.4 Å². The molecule has 1 aromatic heterocycles. The fraction of sp³-hybridized carbons (Fsp3) is 0.727. The summed E-state index contributed by atoms with van der Waals surface area (Å²) in [5.74, 6) is 6.30. The van der Waals surface area contributed by atoms with E-state index < -0.39 is 0 Å². The van der Waals surface area contributed by atoms with E-state index in [-0.39, 0.29) is 6.04 Å². The third-order valence-electron chi connectivity index (χ3n) is 3.60. The molecule has 4 nitrogen and oxygen atoms in total. The van der Waals surface area contributed by atoms with Gasteiger partial charge in [0.2, 0.25) is 0 Å². The van der Waals surface area contributed by atoms with Gasteiger partial charge in [0.25, 0.3) is 0 Å². The molecule has 0 amide bonds. The quantitative estimate of drug-likeness (QED) is 0.659. The molecular weight excluding hydrogens is 268 g/mol. The van der Waals surface area contributed by atoms with Gasteiger partial charge in [-0.15, -0.1) is 0 Å². The monoisotopic (exact) mass is 286 g/mol. The maximum atomic E-state index is 5.71. The van der Waals surface area contributed by atoms with Gasteiger partial charge in [-0.2, -0.15) is 5.10 Å². The maximum Gasteiger partial charge on any atom is 0.0712 e. The first-order chi connectivity index (χ1) is 7.51. The van der Waals surface area contributed by atoms with E-state index in [4.69, 9.17) is 5.84 Å². The molecule has 0 aromatic carbocycles. The van der Waals surface area contributed by atoms with E-state index in [2.05, 4.69) is 47.2 Å². The highest BCUT2D eigenvalue weighted by Crippen LogP contribution is 2.58. The Morgan fingerprint density at radius 1 is 1.75 bits per heavy atom. The molecule has 1 aliphatic carbocycles.